The number of hydrogen-bond acceptors (Lipinski definition) is 3. The van der Waals surface area contributed by atoms with Crippen LogP contribution in [0.1, 0.15) is 24.1 Å². The van der Waals surface area contributed by atoms with Crippen LogP contribution in [-0.4, -0.2) is 4.92 Å². The van der Waals surface area contributed by atoms with Gasteiger partial charge in [-0.3, -0.25) is 10.1 Å². The number of nitrogens with zero attached hydrogens (tertiary/aromatic N) is 1. The number of nitro groups is 1. The fourth-order valence-corrected chi connectivity index (χ4v) is 2.23. The molecule has 0 bridgehead atoms. The summed E-state index contributed by atoms with van der Waals surface area (Å²) in [5.74, 6) is -0.271. The molecule has 2 aromatic rings. The maximum atomic E-state index is 13.6. The first-order valence-electron chi connectivity index (χ1n) is 6.39. The van der Waals surface area contributed by atoms with Gasteiger partial charge in [-0.1, -0.05) is 29.8 Å². The molecule has 4 nitrogen and oxygen atoms in total. The Morgan fingerprint density at radius 3 is 2.67 bits per heavy atom. The average Bonchev–Trinajstić information content (AvgIpc) is 2.46. The van der Waals surface area contributed by atoms with E-state index in [1.165, 1.54) is 18.2 Å². The molecule has 0 aliphatic carbocycles. The van der Waals surface area contributed by atoms with Crippen molar-refractivity contribution in [1.82, 2.24) is 5.32 Å². The van der Waals surface area contributed by atoms with Crippen LogP contribution in [0.25, 0.3) is 0 Å². The summed E-state index contributed by atoms with van der Waals surface area (Å²) in [5, 5.41) is 14.1. The zero-order valence-corrected chi connectivity index (χ0v) is 12.1. The third-order valence-corrected chi connectivity index (χ3v) is 3.57. The van der Waals surface area contributed by atoms with Gasteiger partial charge in [0.25, 0.3) is 5.69 Å². The summed E-state index contributed by atoms with van der Waals surface area (Å²) in [4.78, 5) is 10.1. The Kier molecular flexibility index (Phi) is 4.88. The van der Waals surface area contributed by atoms with E-state index in [4.69, 9.17) is 11.6 Å². The van der Waals surface area contributed by atoms with E-state index >= 15 is 0 Å². The van der Waals surface area contributed by atoms with Crippen molar-refractivity contribution in [3.8, 4) is 0 Å². The summed E-state index contributed by atoms with van der Waals surface area (Å²) < 4.78 is 13.6. The third-order valence-electron chi connectivity index (χ3n) is 3.22. The highest BCUT2D eigenvalue weighted by Crippen LogP contribution is 2.23. The highest BCUT2D eigenvalue weighted by Gasteiger charge is 2.12. The fraction of sp³-hybridized carbons (Fsp3) is 0.200. The van der Waals surface area contributed by atoms with Gasteiger partial charge in [0.05, 0.1) is 9.95 Å². The van der Waals surface area contributed by atoms with Crippen LogP contribution in [0.15, 0.2) is 42.5 Å². The van der Waals surface area contributed by atoms with Gasteiger partial charge >= 0.3 is 0 Å². The molecule has 6 heteroatoms. The molecule has 0 spiro atoms. The first kappa shape index (κ1) is 15.4. The number of nitrogens with one attached hydrogen (secondary N) is 1. The molecule has 0 saturated heterocycles. The van der Waals surface area contributed by atoms with Gasteiger partial charge in [-0.05, 0) is 24.6 Å². The Labute approximate surface area is 126 Å². The standard InChI is InChI=1S/C15H14ClFN2O2/c1-10(13-4-2-3-5-15(13)17)18-9-11-6-7-12(19(20)21)8-14(11)16/h2-8,10,18H,9H2,1H3/t10-/m1/s1. The molecule has 2 aromatic carbocycles. The lowest BCUT2D eigenvalue weighted by molar-refractivity contribution is -0.384. The summed E-state index contributed by atoms with van der Waals surface area (Å²) in [6.07, 6.45) is 0. The summed E-state index contributed by atoms with van der Waals surface area (Å²) in [5.41, 5.74) is 1.24. The van der Waals surface area contributed by atoms with Crippen LogP contribution in [0.4, 0.5) is 10.1 Å². The summed E-state index contributed by atoms with van der Waals surface area (Å²) >= 11 is 6.02. The van der Waals surface area contributed by atoms with E-state index in [1.807, 2.05) is 6.92 Å². The zero-order valence-electron chi connectivity index (χ0n) is 11.3. The third kappa shape index (κ3) is 3.77. The second-order valence-corrected chi connectivity index (χ2v) is 5.06. The Hall–Kier alpha value is -1.98. The average molecular weight is 309 g/mol. The van der Waals surface area contributed by atoms with Gasteiger partial charge in [0.2, 0.25) is 0 Å². The number of nitro benzene ring substituents is 1. The van der Waals surface area contributed by atoms with E-state index in [9.17, 15) is 14.5 Å². The molecule has 0 radical (unpaired) electrons. The van der Waals surface area contributed by atoms with Gasteiger partial charge in [0.15, 0.2) is 0 Å². The van der Waals surface area contributed by atoms with Crippen LogP contribution in [0, 0.1) is 15.9 Å². The smallest absolute Gasteiger partial charge is 0.270 e. The summed E-state index contributed by atoms with van der Waals surface area (Å²) in [6.45, 7) is 2.24. The molecule has 0 fully saturated rings. The van der Waals surface area contributed by atoms with Crippen molar-refractivity contribution in [2.45, 2.75) is 19.5 Å². The summed E-state index contributed by atoms with van der Waals surface area (Å²) in [7, 11) is 0. The highest BCUT2D eigenvalue weighted by molar-refractivity contribution is 6.31. The molecule has 0 amide bonds. The number of hydrogen-bond donors (Lipinski definition) is 1. The Morgan fingerprint density at radius 1 is 1.33 bits per heavy atom. The molecule has 0 aliphatic rings. The van der Waals surface area contributed by atoms with E-state index in [2.05, 4.69) is 5.32 Å². The predicted molar refractivity (Wildman–Crippen MR) is 79.8 cm³/mol. The van der Waals surface area contributed by atoms with Gasteiger partial charge in [-0.25, -0.2) is 4.39 Å². The highest BCUT2D eigenvalue weighted by atomic mass is 35.5. The molecule has 21 heavy (non-hydrogen) atoms. The fourth-order valence-electron chi connectivity index (χ4n) is 1.99. The Balaban J connectivity index is 2.06. The van der Waals surface area contributed by atoms with Crippen molar-refractivity contribution in [2.75, 3.05) is 0 Å². The minimum absolute atomic E-state index is 0.0501. The van der Waals surface area contributed by atoms with E-state index in [1.54, 1.807) is 24.3 Å². The van der Waals surface area contributed by atoms with Crippen molar-refractivity contribution in [3.63, 3.8) is 0 Å². The lowest BCUT2D eigenvalue weighted by Gasteiger charge is -2.15. The predicted octanol–water partition coefficient (Wildman–Crippen LogP) is 4.24. The minimum atomic E-state index is -0.495. The van der Waals surface area contributed by atoms with E-state index in [-0.39, 0.29) is 17.5 Å². The Morgan fingerprint density at radius 2 is 2.05 bits per heavy atom. The molecule has 1 N–H and O–H groups in total. The molecule has 0 heterocycles. The largest absolute Gasteiger partial charge is 0.306 e. The van der Waals surface area contributed by atoms with Crippen molar-refractivity contribution in [3.05, 3.63) is 74.5 Å². The molecule has 1 atom stereocenters. The number of non-ortho nitro benzene ring substituents is 1. The topological polar surface area (TPSA) is 55.2 Å². The van der Waals surface area contributed by atoms with Crippen LogP contribution in [-0.2, 0) is 6.54 Å². The van der Waals surface area contributed by atoms with Crippen LogP contribution in [0.5, 0.6) is 0 Å². The van der Waals surface area contributed by atoms with E-state index in [0.29, 0.717) is 17.1 Å². The summed E-state index contributed by atoms with van der Waals surface area (Å²) in [6, 6.07) is 10.6. The second kappa shape index (κ2) is 6.65. The Bertz CT molecular complexity index is 664. The van der Waals surface area contributed by atoms with E-state index < -0.39 is 4.92 Å². The van der Waals surface area contributed by atoms with Crippen molar-refractivity contribution < 1.29 is 9.31 Å². The zero-order chi connectivity index (χ0) is 15.4. The second-order valence-electron chi connectivity index (χ2n) is 4.66. The molecular formula is C15H14ClFN2O2. The monoisotopic (exact) mass is 308 g/mol. The first-order valence-corrected chi connectivity index (χ1v) is 6.77. The van der Waals surface area contributed by atoms with Gasteiger partial charge in [-0.2, -0.15) is 0 Å². The van der Waals surface area contributed by atoms with Gasteiger partial charge < -0.3 is 5.32 Å². The van der Waals surface area contributed by atoms with Crippen molar-refractivity contribution in [1.29, 1.82) is 0 Å². The maximum absolute atomic E-state index is 13.6. The minimum Gasteiger partial charge on any atom is -0.306 e. The molecule has 0 aromatic heterocycles. The van der Waals surface area contributed by atoms with Gasteiger partial charge in [-0.15, -0.1) is 0 Å². The van der Waals surface area contributed by atoms with Crippen LogP contribution >= 0.6 is 11.6 Å². The van der Waals surface area contributed by atoms with Crippen molar-refractivity contribution in [2.24, 2.45) is 0 Å². The molecular weight excluding hydrogens is 295 g/mol. The molecule has 0 saturated carbocycles. The number of benzene rings is 2. The lowest BCUT2D eigenvalue weighted by atomic mass is 10.1. The number of rotatable bonds is 5. The normalized spacial score (nSPS) is 12.1. The van der Waals surface area contributed by atoms with Crippen molar-refractivity contribution >= 4 is 17.3 Å². The molecule has 0 aliphatic heterocycles. The quantitative estimate of drug-likeness (QED) is 0.664. The van der Waals surface area contributed by atoms with E-state index in [0.717, 1.165) is 5.56 Å². The molecule has 110 valence electrons. The van der Waals surface area contributed by atoms with Crippen LogP contribution in [0.3, 0.4) is 0 Å². The van der Waals surface area contributed by atoms with Crippen LogP contribution in [0.2, 0.25) is 5.02 Å². The van der Waals surface area contributed by atoms with Gasteiger partial charge in [0.1, 0.15) is 5.82 Å². The number of halogens is 2. The van der Waals surface area contributed by atoms with Gasteiger partial charge in [0, 0.05) is 30.3 Å². The first-order chi connectivity index (χ1) is 9.99. The molecule has 2 rings (SSSR count). The maximum Gasteiger partial charge on any atom is 0.270 e. The lowest BCUT2D eigenvalue weighted by Crippen LogP contribution is -2.19. The molecule has 0 unspecified atom stereocenters. The van der Waals surface area contributed by atoms with Crippen LogP contribution < -0.4 is 5.32 Å². The SMILES string of the molecule is C[C@@H](NCc1ccc([N+](=O)[O-])cc1Cl)c1ccccc1F.